The monoisotopic (exact) mass is 383 g/mol. The van der Waals surface area contributed by atoms with E-state index in [1.807, 2.05) is 62.4 Å². The molecular weight excluding hydrogens is 366 g/mol. The number of pyridine rings is 1. The Morgan fingerprint density at radius 3 is 2.58 bits per heavy atom. The normalized spacial score (nSPS) is 10.6. The number of anilines is 1. The minimum absolute atomic E-state index is 0.0994. The zero-order chi connectivity index (χ0) is 17.1. The topological polar surface area (TPSA) is 46.9 Å². The van der Waals surface area contributed by atoms with E-state index in [-0.39, 0.29) is 5.91 Å². The average molecular weight is 384 g/mol. The van der Waals surface area contributed by atoms with Crippen molar-refractivity contribution >= 4 is 27.5 Å². The summed E-state index contributed by atoms with van der Waals surface area (Å²) >= 11 is 3.39. The van der Waals surface area contributed by atoms with Crippen LogP contribution in [0, 0.1) is 13.8 Å². The van der Waals surface area contributed by atoms with Gasteiger partial charge in [-0.05, 0) is 56.3 Å². The third kappa shape index (κ3) is 3.57. The lowest BCUT2D eigenvalue weighted by Crippen LogP contribution is -2.13. The number of aromatic nitrogens is 2. The lowest BCUT2D eigenvalue weighted by molar-refractivity contribution is 0.102. The zero-order valence-corrected chi connectivity index (χ0v) is 15.2. The number of aryl methyl sites for hydroxylation is 1. The molecule has 122 valence electrons. The predicted octanol–water partition coefficient (Wildman–Crippen LogP) is 4.56. The summed E-state index contributed by atoms with van der Waals surface area (Å²) in [6.07, 6.45) is 1.78. The molecule has 5 heteroatoms. The van der Waals surface area contributed by atoms with Crippen LogP contribution in [0.15, 0.2) is 59.2 Å². The number of benzene rings is 1. The van der Waals surface area contributed by atoms with Gasteiger partial charge >= 0.3 is 0 Å². The van der Waals surface area contributed by atoms with E-state index in [2.05, 4.69) is 30.8 Å². The summed E-state index contributed by atoms with van der Waals surface area (Å²) < 4.78 is 3.09. The smallest absolute Gasteiger partial charge is 0.257 e. The fraction of sp³-hybridized carbons (Fsp3) is 0.158. The van der Waals surface area contributed by atoms with Crippen molar-refractivity contribution in [3.63, 3.8) is 0 Å². The molecule has 0 radical (unpaired) electrons. The predicted molar refractivity (Wildman–Crippen MR) is 99.3 cm³/mol. The number of carbonyl (C=O) groups excluding carboxylic acids is 1. The van der Waals surface area contributed by atoms with Crippen LogP contribution in [0.4, 0.5) is 5.69 Å². The second-order valence-corrected chi connectivity index (χ2v) is 6.57. The van der Waals surface area contributed by atoms with Gasteiger partial charge in [0.25, 0.3) is 5.91 Å². The maximum Gasteiger partial charge on any atom is 0.257 e. The number of nitrogens with zero attached hydrogens (tertiary/aromatic N) is 2. The molecule has 0 bridgehead atoms. The van der Waals surface area contributed by atoms with E-state index in [1.165, 1.54) is 0 Å². The van der Waals surface area contributed by atoms with Crippen molar-refractivity contribution in [2.45, 2.75) is 20.4 Å². The first kappa shape index (κ1) is 16.5. The standard InChI is InChI=1S/C19H18BrN3O/c1-13-11-18(19(24)22-16-8-6-15(20)7-9-16)14(2)23(13)12-17-5-3-4-10-21-17/h3-11H,12H2,1-2H3,(H,22,24). The van der Waals surface area contributed by atoms with Crippen LogP contribution in [-0.4, -0.2) is 15.5 Å². The fourth-order valence-corrected chi connectivity index (χ4v) is 2.92. The van der Waals surface area contributed by atoms with Crippen LogP contribution in [0.25, 0.3) is 0 Å². The van der Waals surface area contributed by atoms with Crippen molar-refractivity contribution in [1.29, 1.82) is 0 Å². The second-order valence-electron chi connectivity index (χ2n) is 5.65. The van der Waals surface area contributed by atoms with Crippen LogP contribution in [-0.2, 0) is 6.54 Å². The van der Waals surface area contributed by atoms with Gasteiger partial charge in [0.1, 0.15) is 0 Å². The molecule has 3 aromatic rings. The summed E-state index contributed by atoms with van der Waals surface area (Å²) in [5.74, 6) is -0.0994. The Kier molecular flexibility index (Phi) is 4.81. The summed E-state index contributed by atoms with van der Waals surface area (Å²) in [6, 6.07) is 15.3. The van der Waals surface area contributed by atoms with E-state index in [1.54, 1.807) is 6.20 Å². The number of halogens is 1. The fourth-order valence-electron chi connectivity index (χ4n) is 2.66. The average Bonchev–Trinajstić information content (AvgIpc) is 2.86. The Labute approximate surface area is 149 Å². The van der Waals surface area contributed by atoms with Crippen LogP contribution in [0.1, 0.15) is 27.4 Å². The molecule has 1 N–H and O–H groups in total. The minimum atomic E-state index is -0.0994. The quantitative estimate of drug-likeness (QED) is 0.717. The van der Waals surface area contributed by atoms with Crippen molar-refractivity contribution in [1.82, 2.24) is 9.55 Å². The maximum atomic E-state index is 12.6. The lowest BCUT2D eigenvalue weighted by atomic mass is 10.2. The Morgan fingerprint density at radius 1 is 1.17 bits per heavy atom. The highest BCUT2D eigenvalue weighted by molar-refractivity contribution is 9.10. The van der Waals surface area contributed by atoms with Crippen LogP contribution in [0.3, 0.4) is 0 Å². The molecule has 0 spiro atoms. The zero-order valence-electron chi connectivity index (χ0n) is 13.6. The van der Waals surface area contributed by atoms with E-state index in [0.29, 0.717) is 12.1 Å². The summed E-state index contributed by atoms with van der Waals surface area (Å²) in [7, 11) is 0. The maximum absolute atomic E-state index is 12.6. The molecule has 4 nitrogen and oxygen atoms in total. The first-order chi connectivity index (χ1) is 11.5. The third-order valence-corrected chi connectivity index (χ3v) is 4.50. The van der Waals surface area contributed by atoms with Crippen LogP contribution >= 0.6 is 15.9 Å². The van der Waals surface area contributed by atoms with Crippen LogP contribution in [0.2, 0.25) is 0 Å². The van der Waals surface area contributed by atoms with Crippen LogP contribution < -0.4 is 5.32 Å². The highest BCUT2D eigenvalue weighted by atomic mass is 79.9. The van der Waals surface area contributed by atoms with Gasteiger partial charge in [-0.15, -0.1) is 0 Å². The summed E-state index contributed by atoms with van der Waals surface area (Å²) in [5, 5.41) is 2.94. The Balaban J connectivity index is 1.82. The van der Waals surface area contributed by atoms with Crippen molar-refractivity contribution in [2.75, 3.05) is 5.32 Å². The number of hydrogen-bond donors (Lipinski definition) is 1. The van der Waals surface area contributed by atoms with E-state index >= 15 is 0 Å². The highest BCUT2D eigenvalue weighted by Gasteiger charge is 2.16. The van der Waals surface area contributed by atoms with Crippen molar-refractivity contribution in [3.8, 4) is 0 Å². The van der Waals surface area contributed by atoms with Gasteiger partial charge in [0.15, 0.2) is 0 Å². The van der Waals surface area contributed by atoms with Gasteiger partial charge in [0.2, 0.25) is 0 Å². The van der Waals surface area contributed by atoms with Crippen molar-refractivity contribution < 1.29 is 4.79 Å². The first-order valence-electron chi connectivity index (χ1n) is 7.68. The first-order valence-corrected chi connectivity index (χ1v) is 8.47. The molecule has 0 saturated heterocycles. The Bertz CT molecular complexity index is 854. The third-order valence-electron chi connectivity index (χ3n) is 3.97. The van der Waals surface area contributed by atoms with Gasteiger partial charge in [-0.2, -0.15) is 0 Å². The SMILES string of the molecule is Cc1cc(C(=O)Nc2ccc(Br)cc2)c(C)n1Cc1ccccn1. The highest BCUT2D eigenvalue weighted by Crippen LogP contribution is 2.19. The lowest BCUT2D eigenvalue weighted by Gasteiger charge is -2.09. The van der Waals surface area contributed by atoms with E-state index in [0.717, 1.165) is 27.2 Å². The van der Waals surface area contributed by atoms with Crippen molar-refractivity contribution in [2.24, 2.45) is 0 Å². The van der Waals surface area contributed by atoms with E-state index in [9.17, 15) is 4.79 Å². The molecule has 0 aliphatic carbocycles. The molecule has 2 heterocycles. The molecule has 0 atom stereocenters. The molecule has 1 amide bonds. The minimum Gasteiger partial charge on any atom is -0.342 e. The summed E-state index contributed by atoms with van der Waals surface area (Å²) in [5.41, 5.74) is 4.41. The molecule has 0 aliphatic rings. The number of hydrogen-bond acceptors (Lipinski definition) is 2. The molecule has 2 aromatic heterocycles. The Morgan fingerprint density at radius 2 is 1.92 bits per heavy atom. The summed E-state index contributed by atoms with van der Waals surface area (Å²) in [6.45, 7) is 4.63. The van der Waals surface area contributed by atoms with Gasteiger partial charge in [-0.1, -0.05) is 22.0 Å². The van der Waals surface area contributed by atoms with E-state index < -0.39 is 0 Å². The number of amides is 1. The Hall–Kier alpha value is -2.40. The van der Waals surface area contributed by atoms with Gasteiger partial charge < -0.3 is 9.88 Å². The van der Waals surface area contributed by atoms with Gasteiger partial charge in [0.05, 0.1) is 17.8 Å². The van der Waals surface area contributed by atoms with Gasteiger partial charge in [-0.25, -0.2) is 0 Å². The summed E-state index contributed by atoms with van der Waals surface area (Å²) in [4.78, 5) is 16.9. The number of nitrogens with one attached hydrogen (secondary N) is 1. The molecule has 0 saturated carbocycles. The van der Waals surface area contributed by atoms with Crippen molar-refractivity contribution in [3.05, 3.63) is 81.8 Å². The molecule has 1 aromatic carbocycles. The van der Waals surface area contributed by atoms with Crippen LogP contribution in [0.5, 0.6) is 0 Å². The van der Waals surface area contributed by atoms with E-state index in [4.69, 9.17) is 0 Å². The number of carbonyl (C=O) groups is 1. The molecule has 0 unspecified atom stereocenters. The number of rotatable bonds is 4. The molecule has 0 aliphatic heterocycles. The molecule has 0 fully saturated rings. The van der Waals surface area contributed by atoms with Gasteiger partial charge in [-0.3, -0.25) is 9.78 Å². The molecule has 3 rings (SSSR count). The largest absolute Gasteiger partial charge is 0.342 e. The second kappa shape index (κ2) is 7.01. The van der Waals surface area contributed by atoms with Gasteiger partial charge in [0, 0.05) is 27.7 Å². The molecular formula is C19H18BrN3O. The molecule has 24 heavy (non-hydrogen) atoms.